The first kappa shape index (κ1) is 25.4. The Morgan fingerprint density at radius 3 is 2.25 bits per heavy atom. The lowest BCUT2D eigenvalue weighted by Crippen LogP contribution is -2.47. The van der Waals surface area contributed by atoms with Gasteiger partial charge in [-0.05, 0) is 36.2 Å². The second kappa shape index (κ2) is 10.6. The Balaban J connectivity index is 2.24. The summed E-state index contributed by atoms with van der Waals surface area (Å²) in [5, 5.41) is 4.91. The van der Waals surface area contributed by atoms with Crippen LogP contribution in [0.5, 0.6) is 0 Å². The lowest BCUT2D eigenvalue weighted by atomic mass is 10.0. The molecule has 0 aromatic heterocycles. The van der Waals surface area contributed by atoms with Gasteiger partial charge in [0.2, 0.25) is 15.9 Å². The van der Waals surface area contributed by atoms with Gasteiger partial charge in [-0.25, -0.2) is 17.2 Å². The standard InChI is InChI=1S/C22H27F2N3O4S/c1-5-27(6-2)32(30,31)17-9-7-8-15(12-17)21(28)26-20(14(3)4)22(29)25-19-11-10-16(23)13-18(19)24/h7-14,20H,5-6H2,1-4H3,(H,25,29)(H,26,28)/t20-/m1/s1. The van der Waals surface area contributed by atoms with Crippen molar-refractivity contribution in [1.29, 1.82) is 0 Å². The number of amides is 2. The second-order valence-electron chi connectivity index (χ2n) is 7.43. The van der Waals surface area contributed by atoms with E-state index < -0.39 is 39.5 Å². The predicted octanol–water partition coefficient (Wildman–Crippen LogP) is 3.39. The van der Waals surface area contributed by atoms with Crippen LogP contribution < -0.4 is 10.6 Å². The quantitative estimate of drug-likeness (QED) is 0.591. The Morgan fingerprint density at radius 1 is 1.03 bits per heavy atom. The van der Waals surface area contributed by atoms with Gasteiger partial charge in [0.1, 0.15) is 17.7 Å². The molecule has 2 N–H and O–H groups in total. The Morgan fingerprint density at radius 2 is 1.69 bits per heavy atom. The number of nitrogens with one attached hydrogen (secondary N) is 2. The van der Waals surface area contributed by atoms with Crippen LogP contribution in [-0.2, 0) is 14.8 Å². The zero-order valence-corrected chi connectivity index (χ0v) is 19.2. The third-order valence-corrected chi connectivity index (χ3v) is 6.91. The Labute approximate surface area is 186 Å². The SMILES string of the molecule is CCN(CC)S(=O)(=O)c1cccc(C(=O)N[C@@H](C(=O)Nc2ccc(F)cc2F)C(C)C)c1. The van der Waals surface area contributed by atoms with Gasteiger partial charge in [0.15, 0.2) is 0 Å². The highest BCUT2D eigenvalue weighted by atomic mass is 32.2. The number of hydrogen-bond acceptors (Lipinski definition) is 4. The van der Waals surface area contributed by atoms with Crippen molar-refractivity contribution in [3.8, 4) is 0 Å². The van der Waals surface area contributed by atoms with Crippen molar-refractivity contribution < 1.29 is 26.8 Å². The molecule has 0 fully saturated rings. The van der Waals surface area contributed by atoms with Crippen molar-refractivity contribution in [3.05, 3.63) is 59.7 Å². The van der Waals surface area contributed by atoms with Gasteiger partial charge in [0.25, 0.3) is 5.91 Å². The molecule has 0 aliphatic heterocycles. The molecule has 0 radical (unpaired) electrons. The first-order valence-electron chi connectivity index (χ1n) is 10.2. The normalized spacial score (nSPS) is 12.6. The summed E-state index contributed by atoms with van der Waals surface area (Å²) >= 11 is 0. The summed E-state index contributed by atoms with van der Waals surface area (Å²) in [6, 6.07) is 7.21. The van der Waals surface area contributed by atoms with E-state index in [-0.39, 0.29) is 35.2 Å². The molecule has 0 aliphatic rings. The Bertz CT molecular complexity index is 1090. The fraction of sp³-hybridized carbons (Fsp3) is 0.364. The molecule has 0 saturated carbocycles. The van der Waals surface area contributed by atoms with Gasteiger partial charge in [-0.2, -0.15) is 4.31 Å². The highest BCUT2D eigenvalue weighted by Crippen LogP contribution is 2.19. The predicted molar refractivity (Wildman–Crippen MR) is 118 cm³/mol. The van der Waals surface area contributed by atoms with E-state index >= 15 is 0 Å². The molecule has 7 nitrogen and oxygen atoms in total. The molecule has 174 valence electrons. The fourth-order valence-electron chi connectivity index (χ4n) is 3.07. The van der Waals surface area contributed by atoms with Crippen molar-refractivity contribution >= 4 is 27.5 Å². The zero-order valence-electron chi connectivity index (χ0n) is 18.4. The summed E-state index contributed by atoms with van der Waals surface area (Å²) in [5.74, 6) is -3.44. The van der Waals surface area contributed by atoms with E-state index in [9.17, 15) is 26.8 Å². The first-order valence-corrected chi connectivity index (χ1v) is 11.6. The van der Waals surface area contributed by atoms with Crippen LogP contribution in [0.25, 0.3) is 0 Å². The third-order valence-electron chi connectivity index (χ3n) is 4.86. The highest BCUT2D eigenvalue weighted by molar-refractivity contribution is 7.89. The van der Waals surface area contributed by atoms with Crippen molar-refractivity contribution in [2.45, 2.75) is 38.6 Å². The summed E-state index contributed by atoms with van der Waals surface area (Å²) < 4.78 is 53.7. The molecular formula is C22H27F2N3O4S. The summed E-state index contributed by atoms with van der Waals surface area (Å²) in [4.78, 5) is 25.4. The molecule has 0 heterocycles. The van der Waals surface area contributed by atoms with Crippen LogP contribution in [0.3, 0.4) is 0 Å². The molecule has 2 aromatic rings. The minimum Gasteiger partial charge on any atom is -0.340 e. The second-order valence-corrected chi connectivity index (χ2v) is 9.36. The summed E-state index contributed by atoms with van der Waals surface area (Å²) in [6.45, 7) is 7.37. The van der Waals surface area contributed by atoms with E-state index in [2.05, 4.69) is 10.6 Å². The number of benzene rings is 2. The fourth-order valence-corrected chi connectivity index (χ4v) is 4.58. The van der Waals surface area contributed by atoms with Crippen LogP contribution in [0.2, 0.25) is 0 Å². The first-order chi connectivity index (χ1) is 15.0. The molecule has 10 heteroatoms. The van der Waals surface area contributed by atoms with Gasteiger partial charge in [0.05, 0.1) is 10.6 Å². The summed E-state index contributed by atoms with van der Waals surface area (Å²) in [6.07, 6.45) is 0. The molecule has 2 aromatic carbocycles. The topological polar surface area (TPSA) is 95.6 Å². The molecule has 0 aliphatic carbocycles. The third kappa shape index (κ3) is 5.89. The number of anilines is 1. The largest absolute Gasteiger partial charge is 0.340 e. The number of nitrogens with zero attached hydrogens (tertiary/aromatic N) is 1. The molecule has 1 atom stereocenters. The van der Waals surface area contributed by atoms with Gasteiger partial charge in [-0.1, -0.05) is 33.8 Å². The molecule has 0 bridgehead atoms. The maximum atomic E-state index is 13.9. The molecule has 2 amide bonds. The number of rotatable bonds is 9. The zero-order chi connectivity index (χ0) is 24.1. The number of carbonyl (C=O) groups is 2. The van der Waals surface area contributed by atoms with E-state index in [1.807, 2.05) is 0 Å². The molecule has 0 saturated heterocycles. The van der Waals surface area contributed by atoms with Crippen LogP contribution >= 0.6 is 0 Å². The van der Waals surface area contributed by atoms with E-state index in [0.29, 0.717) is 6.07 Å². The molecule has 2 rings (SSSR count). The van der Waals surface area contributed by atoms with E-state index in [1.165, 1.54) is 28.6 Å². The summed E-state index contributed by atoms with van der Waals surface area (Å²) in [7, 11) is -3.77. The van der Waals surface area contributed by atoms with Crippen LogP contribution in [-0.4, -0.2) is 43.7 Å². The lowest BCUT2D eigenvalue weighted by molar-refractivity contribution is -0.118. The van der Waals surface area contributed by atoms with Gasteiger partial charge in [0, 0.05) is 24.7 Å². The van der Waals surface area contributed by atoms with Crippen molar-refractivity contribution in [3.63, 3.8) is 0 Å². The van der Waals surface area contributed by atoms with E-state index in [0.717, 1.165) is 12.1 Å². The number of carbonyl (C=O) groups excluding carboxylic acids is 2. The van der Waals surface area contributed by atoms with Gasteiger partial charge >= 0.3 is 0 Å². The van der Waals surface area contributed by atoms with Crippen molar-refractivity contribution in [2.75, 3.05) is 18.4 Å². The lowest BCUT2D eigenvalue weighted by Gasteiger charge is -2.22. The van der Waals surface area contributed by atoms with Crippen molar-refractivity contribution in [2.24, 2.45) is 5.92 Å². The number of sulfonamides is 1. The minimum atomic E-state index is -3.77. The van der Waals surface area contributed by atoms with Gasteiger partial charge < -0.3 is 10.6 Å². The minimum absolute atomic E-state index is 0.0345. The van der Waals surface area contributed by atoms with E-state index in [4.69, 9.17) is 0 Å². The number of halogens is 2. The van der Waals surface area contributed by atoms with Crippen molar-refractivity contribution in [1.82, 2.24) is 9.62 Å². The van der Waals surface area contributed by atoms with E-state index in [1.54, 1.807) is 27.7 Å². The van der Waals surface area contributed by atoms with Gasteiger partial charge in [-0.15, -0.1) is 0 Å². The Hall–Kier alpha value is -2.85. The van der Waals surface area contributed by atoms with Crippen LogP contribution in [0.1, 0.15) is 38.1 Å². The molecule has 32 heavy (non-hydrogen) atoms. The van der Waals surface area contributed by atoms with Crippen LogP contribution in [0.15, 0.2) is 47.4 Å². The highest BCUT2D eigenvalue weighted by Gasteiger charge is 2.27. The monoisotopic (exact) mass is 467 g/mol. The Kier molecular flexibility index (Phi) is 8.45. The van der Waals surface area contributed by atoms with Crippen LogP contribution in [0, 0.1) is 17.6 Å². The average molecular weight is 468 g/mol. The van der Waals surface area contributed by atoms with Gasteiger partial charge in [-0.3, -0.25) is 9.59 Å². The average Bonchev–Trinajstić information content (AvgIpc) is 2.74. The smallest absolute Gasteiger partial charge is 0.251 e. The maximum Gasteiger partial charge on any atom is 0.251 e. The maximum absolute atomic E-state index is 13.9. The number of hydrogen-bond donors (Lipinski definition) is 2. The van der Waals surface area contributed by atoms with Crippen LogP contribution in [0.4, 0.5) is 14.5 Å². The molecular weight excluding hydrogens is 440 g/mol. The molecule has 0 spiro atoms. The molecule has 0 unspecified atom stereocenters. The summed E-state index contributed by atoms with van der Waals surface area (Å²) in [5.41, 5.74) is -0.159.